The van der Waals surface area contributed by atoms with Crippen LogP contribution in [0, 0.1) is 13.8 Å². The fraction of sp³-hybridized carbons (Fsp3) is 0.231. The summed E-state index contributed by atoms with van der Waals surface area (Å²) in [6, 6.07) is 4.96. The lowest BCUT2D eigenvalue weighted by Gasteiger charge is -2.13. The molecule has 0 bridgehead atoms. The number of halogens is 3. The molecule has 3 N–H and O–H groups in total. The molecule has 0 aliphatic heterocycles. The Bertz CT molecular complexity index is 618. The maximum absolute atomic E-state index is 12.7. The number of hydrogen-bond donors (Lipinski definition) is 2. The molecule has 106 valence electrons. The van der Waals surface area contributed by atoms with Gasteiger partial charge in [-0.25, -0.2) is 9.97 Å². The monoisotopic (exact) mass is 282 g/mol. The molecule has 20 heavy (non-hydrogen) atoms. The highest BCUT2D eigenvalue weighted by molar-refractivity contribution is 5.63. The van der Waals surface area contributed by atoms with Crippen molar-refractivity contribution in [3.63, 3.8) is 0 Å². The summed E-state index contributed by atoms with van der Waals surface area (Å²) >= 11 is 0. The van der Waals surface area contributed by atoms with Crippen molar-refractivity contribution in [2.24, 2.45) is 0 Å². The molecule has 0 unspecified atom stereocenters. The number of nitrogen functional groups attached to an aromatic ring is 1. The lowest BCUT2D eigenvalue weighted by Crippen LogP contribution is -2.07. The maximum Gasteiger partial charge on any atom is 0.416 e. The molecule has 0 aliphatic carbocycles. The number of aromatic nitrogens is 2. The minimum atomic E-state index is -4.38. The number of anilines is 3. The molecule has 4 nitrogen and oxygen atoms in total. The van der Waals surface area contributed by atoms with Crippen molar-refractivity contribution in [3.8, 4) is 0 Å². The standard InChI is InChI=1S/C13H13F3N4/c1-7-3-4-9(13(14,15)16)5-10(7)20-12-6-11(17)18-8(2)19-12/h3-6H,1-2H3,(H3,17,18,19,20). The largest absolute Gasteiger partial charge is 0.416 e. The van der Waals surface area contributed by atoms with Crippen molar-refractivity contribution in [1.82, 2.24) is 9.97 Å². The number of rotatable bonds is 2. The van der Waals surface area contributed by atoms with Crippen molar-refractivity contribution >= 4 is 17.3 Å². The number of hydrogen-bond acceptors (Lipinski definition) is 4. The van der Waals surface area contributed by atoms with E-state index in [1.54, 1.807) is 13.8 Å². The molecule has 0 aliphatic rings. The third kappa shape index (κ3) is 3.17. The third-order valence-electron chi connectivity index (χ3n) is 2.69. The van der Waals surface area contributed by atoms with Gasteiger partial charge in [-0.3, -0.25) is 0 Å². The molecule has 0 amide bonds. The second-order valence-electron chi connectivity index (χ2n) is 4.38. The first-order valence-electron chi connectivity index (χ1n) is 5.82. The summed E-state index contributed by atoms with van der Waals surface area (Å²) in [5.74, 6) is 1.05. The van der Waals surface area contributed by atoms with E-state index in [0.717, 1.165) is 12.1 Å². The van der Waals surface area contributed by atoms with Crippen LogP contribution in [0.5, 0.6) is 0 Å². The Morgan fingerprint density at radius 2 is 1.80 bits per heavy atom. The minimum absolute atomic E-state index is 0.254. The molecule has 0 atom stereocenters. The van der Waals surface area contributed by atoms with Crippen molar-refractivity contribution in [2.75, 3.05) is 11.1 Å². The van der Waals surface area contributed by atoms with Crippen LogP contribution in [0.4, 0.5) is 30.5 Å². The number of alkyl halides is 3. The topological polar surface area (TPSA) is 63.8 Å². The summed E-state index contributed by atoms with van der Waals surface area (Å²) in [6.07, 6.45) is -4.38. The van der Waals surface area contributed by atoms with Crippen LogP contribution in [0.15, 0.2) is 24.3 Å². The summed E-state index contributed by atoms with van der Waals surface area (Å²) in [6.45, 7) is 3.36. The van der Waals surface area contributed by atoms with Crippen LogP contribution >= 0.6 is 0 Å². The van der Waals surface area contributed by atoms with Gasteiger partial charge in [0.1, 0.15) is 17.5 Å². The van der Waals surface area contributed by atoms with Crippen LogP contribution in [0.1, 0.15) is 17.0 Å². The third-order valence-corrected chi connectivity index (χ3v) is 2.69. The molecule has 0 saturated heterocycles. The van der Waals surface area contributed by atoms with E-state index in [1.807, 2.05) is 0 Å². The summed E-state index contributed by atoms with van der Waals surface area (Å²) in [5, 5.41) is 2.84. The average molecular weight is 282 g/mol. The van der Waals surface area contributed by atoms with Gasteiger partial charge in [-0.05, 0) is 31.5 Å². The van der Waals surface area contributed by atoms with Gasteiger partial charge in [-0.2, -0.15) is 13.2 Å². The van der Waals surface area contributed by atoms with Crippen LogP contribution < -0.4 is 11.1 Å². The van der Waals surface area contributed by atoms with E-state index in [2.05, 4.69) is 15.3 Å². The zero-order chi connectivity index (χ0) is 14.9. The second-order valence-corrected chi connectivity index (χ2v) is 4.38. The molecular formula is C13H13F3N4. The van der Waals surface area contributed by atoms with Gasteiger partial charge in [-0.15, -0.1) is 0 Å². The Labute approximate surface area is 113 Å². The Morgan fingerprint density at radius 3 is 2.40 bits per heavy atom. The molecule has 1 aromatic heterocycles. The Balaban J connectivity index is 2.37. The van der Waals surface area contributed by atoms with E-state index in [-0.39, 0.29) is 5.82 Å². The molecule has 7 heteroatoms. The Hall–Kier alpha value is -2.31. The van der Waals surface area contributed by atoms with Crippen LogP contribution in [0.25, 0.3) is 0 Å². The van der Waals surface area contributed by atoms with Gasteiger partial charge >= 0.3 is 6.18 Å². The quantitative estimate of drug-likeness (QED) is 0.885. The normalized spacial score (nSPS) is 11.4. The molecule has 1 aromatic carbocycles. The van der Waals surface area contributed by atoms with Crippen molar-refractivity contribution in [2.45, 2.75) is 20.0 Å². The van der Waals surface area contributed by atoms with Crippen molar-refractivity contribution in [3.05, 3.63) is 41.2 Å². The van der Waals surface area contributed by atoms with Gasteiger partial charge in [0.15, 0.2) is 0 Å². The first-order chi connectivity index (χ1) is 9.25. The molecule has 1 heterocycles. The summed E-state index contributed by atoms with van der Waals surface area (Å²) in [5.41, 5.74) is 5.87. The average Bonchev–Trinajstić information content (AvgIpc) is 2.29. The van der Waals surface area contributed by atoms with E-state index in [0.29, 0.717) is 22.9 Å². The minimum Gasteiger partial charge on any atom is -0.384 e. The smallest absolute Gasteiger partial charge is 0.384 e. The van der Waals surface area contributed by atoms with Crippen LogP contribution in [-0.4, -0.2) is 9.97 Å². The van der Waals surface area contributed by atoms with Crippen LogP contribution in [-0.2, 0) is 6.18 Å². The molecule has 0 radical (unpaired) electrons. The number of benzene rings is 1. The van der Waals surface area contributed by atoms with Gasteiger partial charge < -0.3 is 11.1 Å². The van der Waals surface area contributed by atoms with Crippen molar-refractivity contribution in [1.29, 1.82) is 0 Å². The van der Waals surface area contributed by atoms with E-state index >= 15 is 0 Å². The predicted octanol–water partition coefficient (Wildman–Crippen LogP) is 3.44. The predicted molar refractivity (Wildman–Crippen MR) is 70.6 cm³/mol. The van der Waals surface area contributed by atoms with E-state index in [9.17, 15) is 13.2 Å². The number of nitrogens with zero attached hydrogens (tertiary/aromatic N) is 2. The Morgan fingerprint density at radius 1 is 1.10 bits per heavy atom. The highest BCUT2D eigenvalue weighted by Crippen LogP contribution is 2.32. The first-order valence-corrected chi connectivity index (χ1v) is 5.82. The maximum atomic E-state index is 12.7. The number of nitrogens with one attached hydrogen (secondary N) is 1. The van der Waals surface area contributed by atoms with E-state index < -0.39 is 11.7 Å². The van der Waals surface area contributed by atoms with E-state index in [1.165, 1.54) is 12.1 Å². The zero-order valence-corrected chi connectivity index (χ0v) is 10.9. The van der Waals surface area contributed by atoms with E-state index in [4.69, 9.17) is 5.73 Å². The zero-order valence-electron chi connectivity index (χ0n) is 10.9. The fourth-order valence-electron chi connectivity index (χ4n) is 1.73. The molecule has 2 rings (SSSR count). The van der Waals surface area contributed by atoms with Gasteiger partial charge in [0.25, 0.3) is 0 Å². The van der Waals surface area contributed by atoms with Gasteiger partial charge in [0.2, 0.25) is 0 Å². The summed E-state index contributed by atoms with van der Waals surface area (Å²) in [7, 11) is 0. The van der Waals surface area contributed by atoms with Crippen LogP contribution in [0.2, 0.25) is 0 Å². The van der Waals surface area contributed by atoms with Gasteiger partial charge in [0, 0.05) is 11.8 Å². The Kier molecular flexibility index (Phi) is 3.52. The SMILES string of the molecule is Cc1nc(N)cc(Nc2cc(C(F)(F)F)ccc2C)n1. The summed E-state index contributed by atoms with van der Waals surface area (Å²) < 4.78 is 38.1. The lowest BCUT2D eigenvalue weighted by molar-refractivity contribution is -0.137. The highest BCUT2D eigenvalue weighted by Gasteiger charge is 2.30. The molecule has 0 fully saturated rings. The second kappa shape index (κ2) is 4.99. The summed E-state index contributed by atoms with van der Waals surface area (Å²) in [4.78, 5) is 7.98. The van der Waals surface area contributed by atoms with Crippen molar-refractivity contribution < 1.29 is 13.2 Å². The lowest BCUT2D eigenvalue weighted by atomic mass is 10.1. The van der Waals surface area contributed by atoms with Gasteiger partial charge in [-0.1, -0.05) is 6.07 Å². The van der Waals surface area contributed by atoms with Crippen LogP contribution in [0.3, 0.4) is 0 Å². The molecule has 2 aromatic rings. The molecule has 0 spiro atoms. The first kappa shape index (κ1) is 14.1. The fourth-order valence-corrected chi connectivity index (χ4v) is 1.73. The molecular weight excluding hydrogens is 269 g/mol. The number of nitrogens with two attached hydrogens (primary N) is 1. The highest BCUT2D eigenvalue weighted by atomic mass is 19.4. The number of aryl methyl sites for hydroxylation is 2. The molecule has 0 saturated carbocycles. The van der Waals surface area contributed by atoms with Gasteiger partial charge in [0.05, 0.1) is 5.56 Å².